The lowest BCUT2D eigenvalue weighted by molar-refractivity contribution is -0.126. The van der Waals surface area contributed by atoms with Crippen molar-refractivity contribution < 1.29 is 4.79 Å². The third kappa shape index (κ3) is 12.1. The number of unbranched alkanes of at least 4 members (excludes halogenated alkanes) is 8. The summed E-state index contributed by atoms with van der Waals surface area (Å²) in [5.41, 5.74) is -0.139. The minimum atomic E-state index is -0.139. The normalized spacial score (nSPS) is 11.1. The van der Waals surface area contributed by atoms with Gasteiger partial charge in [0, 0.05) is 11.8 Å². The van der Waals surface area contributed by atoms with Gasteiger partial charge >= 0.3 is 0 Å². The van der Waals surface area contributed by atoms with E-state index < -0.39 is 0 Å². The first-order chi connectivity index (χ1) is 7.98. The lowest BCUT2D eigenvalue weighted by Gasteiger charge is -2.16. The van der Waals surface area contributed by atoms with Crippen LogP contribution in [-0.4, -0.2) is 5.78 Å². The number of hydrogen-bond acceptors (Lipinski definition) is 1. The molecular formula is C17H36O. The van der Waals surface area contributed by atoms with E-state index in [0.717, 1.165) is 12.8 Å². The van der Waals surface area contributed by atoms with Gasteiger partial charge in [-0.15, -0.1) is 0 Å². The topological polar surface area (TPSA) is 17.1 Å². The van der Waals surface area contributed by atoms with Gasteiger partial charge in [-0.2, -0.15) is 0 Å². The minimum Gasteiger partial charge on any atom is -0.299 e. The number of hydrogen-bond donors (Lipinski definition) is 0. The zero-order valence-electron chi connectivity index (χ0n) is 12.5. The molecule has 0 aliphatic heterocycles. The Bertz CT molecular complexity index is 188. The molecular weight excluding hydrogens is 220 g/mol. The zero-order valence-corrected chi connectivity index (χ0v) is 12.5. The third-order valence-corrected chi connectivity index (χ3v) is 3.34. The van der Waals surface area contributed by atoms with Crippen LogP contribution in [0, 0.1) is 5.41 Å². The predicted octanol–water partition coefficient (Wildman–Crippen LogP) is 6.16. The lowest BCUT2D eigenvalue weighted by Crippen LogP contribution is -2.19. The Hall–Kier alpha value is -0.330. The van der Waals surface area contributed by atoms with Crippen molar-refractivity contribution in [3.63, 3.8) is 0 Å². The fourth-order valence-corrected chi connectivity index (χ4v) is 1.97. The van der Waals surface area contributed by atoms with E-state index in [1.807, 2.05) is 20.8 Å². The van der Waals surface area contributed by atoms with Crippen LogP contribution < -0.4 is 0 Å². The first kappa shape index (κ1) is 20.0. The Morgan fingerprint density at radius 2 is 1.17 bits per heavy atom. The van der Waals surface area contributed by atoms with Crippen LogP contribution in [-0.2, 0) is 4.79 Å². The monoisotopic (exact) mass is 256 g/mol. The number of rotatable bonds is 10. The van der Waals surface area contributed by atoms with Gasteiger partial charge in [-0.25, -0.2) is 0 Å². The Morgan fingerprint density at radius 1 is 0.778 bits per heavy atom. The molecule has 0 saturated carbocycles. The summed E-state index contributed by atoms with van der Waals surface area (Å²) in [6, 6.07) is 0. The van der Waals surface area contributed by atoms with Crippen molar-refractivity contribution >= 4 is 5.78 Å². The minimum absolute atomic E-state index is 0. The van der Waals surface area contributed by atoms with E-state index in [4.69, 9.17) is 0 Å². The average Bonchev–Trinajstić information content (AvgIpc) is 2.25. The van der Waals surface area contributed by atoms with Crippen LogP contribution >= 0.6 is 0 Å². The molecule has 0 aromatic heterocycles. The molecule has 0 heterocycles. The molecule has 0 saturated heterocycles. The maximum absolute atomic E-state index is 11.7. The van der Waals surface area contributed by atoms with Crippen molar-refractivity contribution in [3.05, 3.63) is 0 Å². The van der Waals surface area contributed by atoms with E-state index >= 15 is 0 Å². The number of carbonyl (C=O) groups excluding carboxylic acids is 1. The Morgan fingerprint density at radius 3 is 1.56 bits per heavy atom. The molecule has 1 nitrogen and oxygen atoms in total. The van der Waals surface area contributed by atoms with Gasteiger partial charge in [0.05, 0.1) is 0 Å². The third-order valence-electron chi connectivity index (χ3n) is 3.34. The van der Waals surface area contributed by atoms with Crippen LogP contribution in [0.25, 0.3) is 0 Å². The lowest BCUT2D eigenvalue weighted by atomic mass is 9.88. The van der Waals surface area contributed by atoms with Gasteiger partial charge in [0.2, 0.25) is 0 Å². The van der Waals surface area contributed by atoms with Gasteiger partial charge in [0.15, 0.2) is 0 Å². The molecule has 1 heteroatoms. The van der Waals surface area contributed by atoms with E-state index in [9.17, 15) is 4.79 Å². The second-order valence-electron chi connectivity index (χ2n) is 6.25. The average molecular weight is 256 g/mol. The fourth-order valence-electron chi connectivity index (χ4n) is 1.97. The zero-order chi connectivity index (χ0) is 13.1. The van der Waals surface area contributed by atoms with Crippen LogP contribution in [0.2, 0.25) is 0 Å². The number of Topliss-reactive ketones (excluding diaryl/α,β-unsaturated/α-hetero) is 1. The first-order valence-electron chi connectivity index (χ1n) is 7.51. The van der Waals surface area contributed by atoms with E-state index in [2.05, 4.69) is 6.92 Å². The molecule has 0 unspecified atom stereocenters. The highest BCUT2D eigenvalue weighted by molar-refractivity contribution is 5.83. The molecule has 0 bridgehead atoms. The van der Waals surface area contributed by atoms with Crippen molar-refractivity contribution in [2.75, 3.05) is 0 Å². The molecule has 0 aliphatic carbocycles. The van der Waals surface area contributed by atoms with Crippen LogP contribution in [0.4, 0.5) is 0 Å². The highest BCUT2D eigenvalue weighted by Gasteiger charge is 2.19. The molecule has 0 N–H and O–H groups in total. The second-order valence-corrected chi connectivity index (χ2v) is 6.25. The number of ketones is 1. The molecule has 0 amide bonds. The summed E-state index contributed by atoms with van der Waals surface area (Å²) in [6.07, 6.45) is 12.7. The Balaban J connectivity index is 0. The van der Waals surface area contributed by atoms with Gasteiger partial charge in [0.1, 0.15) is 5.78 Å². The summed E-state index contributed by atoms with van der Waals surface area (Å²) >= 11 is 0. The van der Waals surface area contributed by atoms with Crippen LogP contribution in [0.3, 0.4) is 0 Å². The van der Waals surface area contributed by atoms with Gasteiger partial charge in [-0.05, 0) is 6.42 Å². The molecule has 0 atom stereocenters. The Kier molecular flexibility index (Phi) is 13.0. The van der Waals surface area contributed by atoms with Gasteiger partial charge in [-0.1, -0.05) is 86.5 Å². The molecule has 0 aromatic rings. The maximum atomic E-state index is 11.7. The summed E-state index contributed by atoms with van der Waals surface area (Å²) in [4.78, 5) is 11.7. The summed E-state index contributed by atoms with van der Waals surface area (Å²) in [5, 5.41) is 0. The quantitative estimate of drug-likeness (QED) is 0.428. The van der Waals surface area contributed by atoms with Gasteiger partial charge in [0.25, 0.3) is 0 Å². The molecule has 0 rings (SSSR count). The van der Waals surface area contributed by atoms with Crippen LogP contribution in [0.5, 0.6) is 0 Å². The molecule has 0 aliphatic rings. The van der Waals surface area contributed by atoms with Crippen molar-refractivity contribution in [2.45, 2.75) is 99.3 Å². The van der Waals surface area contributed by atoms with Crippen LogP contribution in [0.15, 0.2) is 0 Å². The molecule has 0 radical (unpaired) electrons. The smallest absolute Gasteiger partial charge is 0.138 e. The predicted molar refractivity (Wildman–Crippen MR) is 83.0 cm³/mol. The van der Waals surface area contributed by atoms with Crippen molar-refractivity contribution in [3.8, 4) is 0 Å². The number of carbonyl (C=O) groups is 1. The largest absolute Gasteiger partial charge is 0.299 e. The molecule has 0 aromatic carbocycles. The summed E-state index contributed by atoms with van der Waals surface area (Å²) < 4.78 is 0. The molecule has 18 heavy (non-hydrogen) atoms. The summed E-state index contributed by atoms with van der Waals surface area (Å²) in [7, 11) is 0. The molecule has 0 spiro atoms. The molecule has 0 fully saturated rings. The van der Waals surface area contributed by atoms with Gasteiger partial charge in [-0.3, -0.25) is 4.79 Å². The van der Waals surface area contributed by atoms with E-state index in [1.54, 1.807) is 0 Å². The van der Waals surface area contributed by atoms with Crippen LogP contribution in [0.1, 0.15) is 99.3 Å². The SMILES string of the molecule is C.CCCCCCCCCCCC(=O)C(C)(C)C. The summed E-state index contributed by atoms with van der Waals surface area (Å²) in [5.74, 6) is 0.417. The van der Waals surface area contributed by atoms with E-state index in [0.29, 0.717) is 5.78 Å². The van der Waals surface area contributed by atoms with Crippen molar-refractivity contribution in [2.24, 2.45) is 5.41 Å². The second kappa shape index (κ2) is 11.7. The van der Waals surface area contributed by atoms with E-state index in [1.165, 1.54) is 51.4 Å². The standard InChI is InChI=1S/C16H32O.CH4/c1-5-6-7-8-9-10-11-12-13-14-15(17)16(2,3)4;/h5-14H2,1-4H3;1H4. The van der Waals surface area contributed by atoms with Gasteiger partial charge < -0.3 is 0 Å². The highest BCUT2D eigenvalue weighted by atomic mass is 16.1. The van der Waals surface area contributed by atoms with Crippen molar-refractivity contribution in [1.82, 2.24) is 0 Å². The fraction of sp³-hybridized carbons (Fsp3) is 0.941. The summed E-state index contributed by atoms with van der Waals surface area (Å²) in [6.45, 7) is 8.31. The molecule has 110 valence electrons. The Labute approximate surface area is 116 Å². The van der Waals surface area contributed by atoms with E-state index in [-0.39, 0.29) is 12.8 Å². The highest BCUT2D eigenvalue weighted by Crippen LogP contribution is 2.19. The maximum Gasteiger partial charge on any atom is 0.138 e. The van der Waals surface area contributed by atoms with Crippen molar-refractivity contribution in [1.29, 1.82) is 0 Å². The first-order valence-corrected chi connectivity index (χ1v) is 7.51.